The Bertz CT molecular complexity index is 1310. The molecule has 0 radical (unpaired) electrons. The minimum absolute atomic E-state index is 0.0586. The van der Waals surface area contributed by atoms with Crippen LogP contribution in [0.25, 0.3) is 0 Å². The van der Waals surface area contributed by atoms with Crippen LogP contribution >= 0.6 is 11.8 Å². The van der Waals surface area contributed by atoms with Crippen molar-refractivity contribution >= 4 is 29.4 Å². The number of carbonyl (C=O) groups is 1. The van der Waals surface area contributed by atoms with Crippen LogP contribution in [0.4, 0.5) is 11.8 Å². The molecule has 2 saturated heterocycles. The molecular weight excluding hydrogens is 510 g/mol. The Morgan fingerprint density at radius 2 is 1.87 bits per heavy atom. The number of amides is 1. The van der Waals surface area contributed by atoms with Crippen molar-refractivity contribution in [1.29, 1.82) is 0 Å². The fraction of sp³-hybridized carbons (Fsp3) is 0.517. The van der Waals surface area contributed by atoms with Crippen LogP contribution in [0.15, 0.2) is 35.4 Å². The molecule has 0 bridgehead atoms. The second-order valence-electron chi connectivity index (χ2n) is 10.8. The molecule has 0 unspecified atom stereocenters. The maximum Gasteiger partial charge on any atom is 0.251 e. The lowest BCUT2D eigenvalue weighted by molar-refractivity contribution is 0.0903. The molecule has 0 spiro atoms. The van der Waals surface area contributed by atoms with E-state index in [-0.39, 0.29) is 5.91 Å². The molecule has 0 atom stereocenters. The van der Waals surface area contributed by atoms with E-state index in [0.717, 1.165) is 87.2 Å². The van der Waals surface area contributed by atoms with Crippen LogP contribution in [-0.2, 0) is 24.8 Å². The number of rotatable bonds is 7. The van der Waals surface area contributed by atoms with Crippen LogP contribution < -0.4 is 15.5 Å². The van der Waals surface area contributed by atoms with Crippen LogP contribution in [0.5, 0.6) is 0 Å². The maximum absolute atomic E-state index is 12.7. The van der Waals surface area contributed by atoms with Crippen molar-refractivity contribution in [2.24, 2.45) is 7.05 Å². The number of benzene rings is 1. The number of carbonyl (C=O) groups excluding carboxylic acids is 1. The van der Waals surface area contributed by atoms with E-state index < -0.39 is 0 Å². The normalized spacial score (nSPS) is 18.3. The maximum atomic E-state index is 12.7. The lowest BCUT2D eigenvalue weighted by Gasteiger charge is -2.33. The van der Waals surface area contributed by atoms with E-state index in [0.29, 0.717) is 24.1 Å². The van der Waals surface area contributed by atoms with E-state index in [2.05, 4.69) is 32.8 Å². The first-order valence-electron chi connectivity index (χ1n) is 14.0. The number of aromatic nitrogens is 4. The lowest BCUT2D eigenvalue weighted by Crippen LogP contribution is -2.35. The Morgan fingerprint density at radius 3 is 2.59 bits per heavy atom. The summed E-state index contributed by atoms with van der Waals surface area (Å²) in [6, 6.07) is 8.54. The van der Waals surface area contributed by atoms with Gasteiger partial charge in [-0.1, -0.05) is 12.1 Å². The smallest absolute Gasteiger partial charge is 0.251 e. The van der Waals surface area contributed by atoms with Gasteiger partial charge in [-0.25, -0.2) is 4.98 Å². The van der Waals surface area contributed by atoms with Crippen molar-refractivity contribution in [3.05, 3.63) is 58.5 Å². The van der Waals surface area contributed by atoms with Gasteiger partial charge in [-0.3, -0.25) is 9.48 Å². The van der Waals surface area contributed by atoms with Gasteiger partial charge in [0.1, 0.15) is 5.82 Å². The van der Waals surface area contributed by atoms with Gasteiger partial charge in [0.2, 0.25) is 5.95 Å². The van der Waals surface area contributed by atoms with Gasteiger partial charge in [0.05, 0.1) is 16.3 Å². The predicted octanol–water partition coefficient (Wildman–Crippen LogP) is 4.07. The molecule has 1 amide bonds. The number of nitrogens with one attached hydrogen (secondary N) is 2. The first-order valence-corrected chi connectivity index (χ1v) is 15.0. The fourth-order valence-corrected chi connectivity index (χ4v) is 6.80. The number of hydrogen-bond acceptors (Lipinski definition) is 8. The third-order valence-electron chi connectivity index (χ3n) is 8.05. The predicted molar refractivity (Wildman–Crippen MR) is 154 cm³/mol. The van der Waals surface area contributed by atoms with Gasteiger partial charge >= 0.3 is 0 Å². The summed E-state index contributed by atoms with van der Waals surface area (Å²) in [5.41, 5.74) is 5.14. The Kier molecular flexibility index (Phi) is 7.74. The summed E-state index contributed by atoms with van der Waals surface area (Å²) in [5.74, 6) is 3.37. The van der Waals surface area contributed by atoms with Crippen LogP contribution in [0.1, 0.15) is 64.5 Å². The highest BCUT2D eigenvalue weighted by molar-refractivity contribution is 7.99. The highest BCUT2D eigenvalue weighted by atomic mass is 32.2. The van der Waals surface area contributed by atoms with E-state index in [9.17, 15) is 4.79 Å². The summed E-state index contributed by atoms with van der Waals surface area (Å²) >= 11 is 1.87. The van der Waals surface area contributed by atoms with Gasteiger partial charge in [0, 0.05) is 75.4 Å². The number of nitrogens with zero attached hydrogens (tertiary/aromatic N) is 5. The molecule has 2 N–H and O–H groups in total. The summed E-state index contributed by atoms with van der Waals surface area (Å²) < 4.78 is 7.31. The summed E-state index contributed by atoms with van der Waals surface area (Å²) in [6.07, 6.45) is 7.09. The summed E-state index contributed by atoms with van der Waals surface area (Å²) in [7, 11) is 1.89. The third-order valence-corrected chi connectivity index (χ3v) is 9.17. The molecule has 9 nitrogen and oxygen atoms in total. The average molecular weight is 548 g/mol. The molecule has 3 aromatic rings. The summed E-state index contributed by atoms with van der Waals surface area (Å²) in [6.45, 7) is 5.93. The number of hydrogen-bond donors (Lipinski definition) is 2. The molecule has 1 aromatic carbocycles. The average Bonchev–Trinajstić information content (AvgIpc) is 3.58. The molecule has 3 aliphatic rings. The molecule has 206 valence electrons. The van der Waals surface area contributed by atoms with E-state index in [4.69, 9.17) is 14.7 Å². The molecule has 2 aromatic heterocycles. The molecule has 6 rings (SSSR count). The van der Waals surface area contributed by atoms with Crippen LogP contribution in [0.2, 0.25) is 0 Å². The molecule has 5 heterocycles. The highest BCUT2D eigenvalue weighted by Gasteiger charge is 2.27. The Hall–Kier alpha value is -3.11. The summed E-state index contributed by atoms with van der Waals surface area (Å²) in [4.78, 5) is 26.3. The SMILES string of the molecule is Cc1nn(C)cc1CNC(=O)c1ccc(C2CCN(c3nc4c(c(NC5CCOCC5)n3)SCC4)CC2)cc1. The van der Waals surface area contributed by atoms with Crippen LogP contribution in [-0.4, -0.2) is 63.8 Å². The van der Waals surface area contributed by atoms with Crippen molar-refractivity contribution in [3.63, 3.8) is 0 Å². The zero-order valence-corrected chi connectivity index (χ0v) is 23.6. The second-order valence-corrected chi connectivity index (χ2v) is 11.9. The van der Waals surface area contributed by atoms with Crippen molar-refractivity contribution in [2.75, 3.05) is 42.3 Å². The van der Waals surface area contributed by atoms with Crippen molar-refractivity contribution in [3.8, 4) is 0 Å². The zero-order chi connectivity index (χ0) is 26.8. The van der Waals surface area contributed by atoms with Crippen LogP contribution in [0.3, 0.4) is 0 Å². The number of fused-ring (bicyclic) bond motifs is 1. The quantitative estimate of drug-likeness (QED) is 0.457. The summed E-state index contributed by atoms with van der Waals surface area (Å²) in [5, 5.41) is 11.1. The van der Waals surface area contributed by atoms with Crippen molar-refractivity contribution in [1.82, 2.24) is 25.1 Å². The number of thioether (sulfide) groups is 1. The molecular formula is C29H37N7O2S. The van der Waals surface area contributed by atoms with Crippen molar-refractivity contribution in [2.45, 2.75) is 62.4 Å². The Morgan fingerprint density at radius 1 is 1.10 bits per heavy atom. The Labute approximate surface area is 234 Å². The van der Waals surface area contributed by atoms with Crippen LogP contribution in [0, 0.1) is 6.92 Å². The standard InChI is InChI=1S/C29H37N7O2S/c1-19-23(18-35(2)34-19)17-30-28(37)22-5-3-20(4-6-22)21-7-12-36(13-8-21)29-32-25-11-16-39-26(25)27(33-29)31-24-9-14-38-15-10-24/h3-6,18,21,24H,7-17H2,1-2H3,(H,30,37)(H,31,32,33). The van der Waals surface area contributed by atoms with E-state index in [1.54, 1.807) is 4.68 Å². The van der Waals surface area contributed by atoms with E-state index in [1.807, 2.05) is 44.1 Å². The largest absolute Gasteiger partial charge is 0.381 e. The van der Waals surface area contributed by atoms with Gasteiger partial charge in [0.25, 0.3) is 5.91 Å². The van der Waals surface area contributed by atoms with E-state index >= 15 is 0 Å². The topological polar surface area (TPSA) is 97.2 Å². The lowest BCUT2D eigenvalue weighted by atomic mass is 9.89. The number of aryl methyl sites for hydroxylation is 3. The monoisotopic (exact) mass is 547 g/mol. The molecule has 39 heavy (non-hydrogen) atoms. The van der Waals surface area contributed by atoms with Gasteiger partial charge in [-0.2, -0.15) is 10.1 Å². The Balaban J connectivity index is 1.06. The highest BCUT2D eigenvalue weighted by Crippen LogP contribution is 2.38. The molecule has 2 fully saturated rings. The number of piperidine rings is 1. The van der Waals surface area contributed by atoms with Gasteiger partial charge in [-0.15, -0.1) is 11.8 Å². The molecule has 3 aliphatic heterocycles. The van der Waals surface area contributed by atoms with Crippen molar-refractivity contribution < 1.29 is 9.53 Å². The minimum atomic E-state index is -0.0586. The first-order chi connectivity index (χ1) is 19.0. The second kappa shape index (κ2) is 11.6. The number of anilines is 2. The fourth-order valence-electron chi connectivity index (χ4n) is 5.75. The molecule has 10 heteroatoms. The van der Waals surface area contributed by atoms with Gasteiger partial charge < -0.3 is 20.3 Å². The zero-order valence-electron chi connectivity index (χ0n) is 22.8. The third kappa shape index (κ3) is 5.91. The van der Waals surface area contributed by atoms with Gasteiger partial charge in [0.15, 0.2) is 0 Å². The molecule has 0 saturated carbocycles. The van der Waals surface area contributed by atoms with Gasteiger partial charge in [-0.05, 0) is 56.2 Å². The molecule has 0 aliphatic carbocycles. The number of ether oxygens (including phenoxy) is 1. The van der Waals surface area contributed by atoms with E-state index in [1.165, 1.54) is 16.2 Å². The minimum Gasteiger partial charge on any atom is -0.381 e. The first kappa shape index (κ1) is 26.1.